The summed E-state index contributed by atoms with van der Waals surface area (Å²) >= 11 is 0. The fourth-order valence-corrected chi connectivity index (χ4v) is 7.92. The Morgan fingerprint density at radius 3 is 2.62 bits per heavy atom. The highest BCUT2D eigenvalue weighted by Gasteiger charge is 2.68. The largest absolute Gasteiger partial charge is 0.481 e. The van der Waals surface area contributed by atoms with Crippen LogP contribution in [0.3, 0.4) is 0 Å². The molecule has 2 aliphatic heterocycles. The van der Waals surface area contributed by atoms with Crippen molar-refractivity contribution in [2.45, 2.75) is 89.4 Å². The second kappa shape index (κ2) is 11.7. The maximum absolute atomic E-state index is 13.9. The maximum atomic E-state index is 13.9. The highest BCUT2D eigenvalue weighted by molar-refractivity contribution is 6.47. The van der Waals surface area contributed by atoms with Gasteiger partial charge in [-0.2, -0.15) is 0 Å². The molecule has 224 valence electrons. The molecule has 42 heavy (non-hydrogen) atoms. The Balaban J connectivity index is 1.17. The molecule has 0 spiro atoms. The molecule has 9 heteroatoms. The van der Waals surface area contributed by atoms with E-state index in [0.29, 0.717) is 54.8 Å². The molecule has 2 aromatic carbocycles. The monoisotopic (exact) mass is 573 g/mol. The molecule has 3 aliphatic carbocycles. The number of para-hydroxylation sites is 2. The SMILES string of the molecule is CC1(C)[C@@H]2C[C@H]3OB([C@H](CCCCN)NC(=O)[C@@H]4CCCN4C(=O)c4ccccc4Oc4ccccc4)O[C@@]3(C)[C@H]1C2. The molecule has 7 rings (SSSR count). The molecule has 3 saturated carbocycles. The van der Waals surface area contributed by atoms with Gasteiger partial charge in [-0.25, -0.2) is 0 Å². The average Bonchev–Trinajstić information content (AvgIpc) is 3.62. The normalized spacial score (nSPS) is 29.9. The lowest BCUT2D eigenvalue weighted by Gasteiger charge is -2.64. The van der Waals surface area contributed by atoms with Crippen molar-refractivity contribution in [2.75, 3.05) is 13.1 Å². The van der Waals surface area contributed by atoms with Crippen LogP contribution in [-0.4, -0.2) is 60.6 Å². The van der Waals surface area contributed by atoms with Gasteiger partial charge in [0, 0.05) is 6.54 Å². The third kappa shape index (κ3) is 5.24. The summed E-state index contributed by atoms with van der Waals surface area (Å²) in [5, 5.41) is 3.27. The van der Waals surface area contributed by atoms with E-state index in [4.69, 9.17) is 19.8 Å². The van der Waals surface area contributed by atoms with Crippen LogP contribution in [0.4, 0.5) is 0 Å². The summed E-state index contributed by atoms with van der Waals surface area (Å²) in [5.41, 5.74) is 6.14. The molecular weight excluding hydrogens is 529 g/mol. The van der Waals surface area contributed by atoms with Crippen molar-refractivity contribution >= 4 is 18.9 Å². The second-order valence-corrected chi connectivity index (χ2v) is 13.3. The van der Waals surface area contributed by atoms with E-state index in [1.165, 1.54) is 6.42 Å². The smallest absolute Gasteiger partial charge is 0.457 e. The van der Waals surface area contributed by atoms with Gasteiger partial charge in [0.25, 0.3) is 5.91 Å². The molecule has 3 N–H and O–H groups in total. The number of benzene rings is 2. The number of amides is 2. The van der Waals surface area contributed by atoms with Crippen LogP contribution < -0.4 is 15.8 Å². The average molecular weight is 574 g/mol. The van der Waals surface area contributed by atoms with Gasteiger partial charge in [-0.1, -0.05) is 50.6 Å². The molecule has 6 atom stereocenters. The Kier molecular flexibility index (Phi) is 8.11. The Morgan fingerprint density at radius 1 is 1.10 bits per heavy atom. The van der Waals surface area contributed by atoms with E-state index in [9.17, 15) is 9.59 Å². The fraction of sp³-hybridized carbons (Fsp3) is 0.576. The predicted molar refractivity (Wildman–Crippen MR) is 162 cm³/mol. The lowest BCUT2D eigenvalue weighted by Crippen LogP contribution is -2.65. The van der Waals surface area contributed by atoms with Crippen LogP contribution in [0.1, 0.15) is 76.1 Å². The molecule has 2 heterocycles. The van der Waals surface area contributed by atoms with Crippen molar-refractivity contribution in [1.29, 1.82) is 0 Å². The van der Waals surface area contributed by atoms with Gasteiger partial charge < -0.3 is 30.0 Å². The van der Waals surface area contributed by atoms with E-state index in [2.05, 4.69) is 26.1 Å². The summed E-state index contributed by atoms with van der Waals surface area (Å²) in [6, 6.07) is 16.1. The van der Waals surface area contributed by atoms with Gasteiger partial charge in [0.2, 0.25) is 5.91 Å². The van der Waals surface area contributed by atoms with E-state index < -0.39 is 13.2 Å². The van der Waals surface area contributed by atoms with Crippen molar-refractivity contribution in [1.82, 2.24) is 10.2 Å². The number of likely N-dealkylation sites (tertiary alicyclic amines) is 1. The molecule has 0 aromatic heterocycles. The minimum absolute atomic E-state index is 0.0406. The lowest BCUT2D eigenvalue weighted by molar-refractivity contribution is -0.199. The summed E-state index contributed by atoms with van der Waals surface area (Å²) in [4.78, 5) is 29.4. The van der Waals surface area contributed by atoms with Crippen LogP contribution in [0.25, 0.3) is 0 Å². The number of nitrogens with zero attached hydrogens (tertiary/aromatic N) is 1. The quantitative estimate of drug-likeness (QED) is 0.308. The number of rotatable bonds is 10. The first kappa shape index (κ1) is 29.2. The zero-order valence-corrected chi connectivity index (χ0v) is 25.1. The highest BCUT2D eigenvalue weighted by Crippen LogP contribution is 2.65. The second-order valence-electron chi connectivity index (χ2n) is 13.3. The zero-order chi connectivity index (χ0) is 29.5. The van der Waals surface area contributed by atoms with Gasteiger partial charge in [-0.05, 0) is 93.5 Å². The standard InChI is InChI=1S/C33H44BN3O5/c1-32(2)22-20-27(32)33(3)28(21-22)41-34(42-33)29(17-9-10-18-35)36-30(38)25-15-11-19-37(25)31(39)24-14-7-8-16-26(24)40-23-12-5-4-6-13-23/h4-8,12-14,16,22,25,27-29H,9-11,15,17-21,35H2,1-3H3,(H,36,38)/t22-,25-,27-,28+,29-,33-/m0/s1. The Labute approximate surface area is 249 Å². The summed E-state index contributed by atoms with van der Waals surface area (Å²) in [5.74, 6) is 1.56. The van der Waals surface area contributed by atoms with Crippen LogP contribution in [-0.2, 0) is 14.1 Å². The number of nitrogens with two attached hydrogens (primary N) is 1. The van der Waals surface area contributed by atoms with Gasteiger partial charge >= 0.3 is 7.12 Å². The Morgan fingerprint density at radius 2 is 1.86 bits per heavy atom. The Hall–Kier alpha value is -2.88. The maximum Gasteiger partial charge on any atom is 0.481 e. The van der Waals surface area contributed by atoms with Crippen molar-refractivity contribution in [3.63, 3.8) is 0 Å². The third-order valence-corrected chi connectivity index (χ3v) is 10.5. The fourth-order valence-electron chi connectivity index (χ4n) is 7.92. The van der Waals surface area contributed by atoms with Crippen molar-refractivity contribution < 1.29 is 23.6 Å². The van der Waals surface area contributed by atoms with Gasteiger partial charge in [0.05, 0.1) is 23.2 Å². The number of hydrogen-bond acceptors (Lipinski definition) is 6. The molecule has 5 fully saturated rings. The number of hydrogen-bond donors (Lipinski definition) is 2. The van der Waals surface area contributed by atoms with Gasteiger partial charge in [-0.3, -0.25) is 9.59 Å². The number of unbranched alkanes of at least 4 members (excludes halogenated alkanes) is 1. The van der Waals surface area contributed by atoms with Gasteiger partial charge in [0.15, 0.2) is 0 Å². The summed E-state index contributed by atoms with van der Waals surface area (Å²) < 4.78 is 19.4. The molecular formula is C33H44BN3O5. The molecule has 2 saturated heterocycles. The summed E-state index contributed by atoms with van der Waals surface area (Å²) in [7, 11) is -0.512. The van der Waals surface area contributed by atoms with Crippen LogP contribution in [0.5, 0.6) is 11.5 Å². The first-order chi connectivity index (χ1) is 20.2. The van der Waals surface area contributed by atoms with E-state index in [-0.39, 0.29) is 34.9 Å². The van der Waals surface area contributed by atoms with Crippen molar-refractivity contribution in [2.24, 2.45) is 23.0 Å². The summed E-state index contributed by atoms with van der Waals surface area (Å²) in [6.07, 6.45) is 6.02. The van der Waals surface area contributed by atoms with Crippen LogP contribution in [0.2, 0.25) is 0 Å². The van der Waals surface area contributed by atoms with Crippen LogP contribution in [0, 0.1) is 17.3 Å². The highest BCUT2D eigenvalue weighted by atomic mass is 16.7. The Bertz CT molecular complexity index is 1290. The minimum Gasteiger partial charge on any atom is -0.457 e. The molecule has 0 radical (unpaired) electrons. The van der Waals surface area contributed by atoms with Crippen LogP contribution in [0.15, 0.2) is 54.6 Å². The molecule has 2 aromatic rings. The topological polar surface area (TPSA) is 103 Å². The summed E-state index contributed by atoms with van der Waals surface area (Å²) in [6.45, 7) is 8.01. The minimum atomic E-state index is -0.565. The molecule has 2 bridgehead atoms. The van der Waals surface area contributed by atoms with E-state index >= 15 is 0 Å². The van der Waals surface area contributed by atoms with Gasteiger partial charge in [0.1, 0.15) is 17.5 Å². The predicted octanol–water partition coefficient (Wildman–Crippen LogP) is 4.96. The van der Waals surface area contributed by atoms with Gasteiger partial charge in [-0.15, -0.1) is 0 Å². The lowest BCUT2D eigenvalue weighted by atomic mass is 9.43. The van der Waals surface area contributed by atoms with Crippen molar-refractivity contribution in [3.05, 3.63) is 60.2 Å². The molecule has 0 unspecified atom stereocenters. The zero-order valence-electron chi connectivity index (χ0n) is 25.1. The number of carbonyl (C=O) groups excluding carboxylic acids is 2. The number of ether oxygens (including phenoxy) is 1. The van der Waals surface area contributed by atoms with E-state index in [1.807, 2.05) is 42.5 Å². The number of carbonyl (C=O) groups is 2. The first-order valence-electron chi connectivity index (χ1n) is 15.7. The first-order valence-corrected chi connectivity index (χ1v) is 15.7. The third-order valence-electron chi connectivity index (χ3n) is 10.5. The van der Waals surface area contributed by atoms with Crippen molar-refractivity contribution in [3.8, 4) is 11.5 Å². The van der Waals surface area contributed by atoms with E-state index in [0.717, 1.165) is 25.7 Å². The number of nitrogens with one attached hydrogen (secondary N) is 1. The van der Waals surface area contributed by atoms with E-state index in [1.54, 1.807) is 17.0 Å². The molecule has 5 aliphatic rings. The van der Waals surface area contributed by atoms with Crippen LogP contribution >= 0.6 is 0 Å². The molecule has 8 nitrogen and oxygen atoms in total. The molecule has 2 amide bonds.